The number of rotatable bonds is 6. The number of benzene rings is 2. The van der Waals surface area contributed by atoms with Crippen molar-refractivity contribution in [2.75, 3.05) is 11.9 Å². The number of thiazole rings is 1. The molecule has 2 aromatic carbocycles. The van der Waals surface area contributed by atoms with Gasteiger partial charge in [-0.2, -0.15) is 0 Å². The minimum atomic E-state index is -0.116. The van der Waals surface area contributed by atoms with Gasteiger partial charge in [-0.25, -0.2) is 9.67 Å². The molecule has 0 bridgehead atoms. The molecule has 0 aliphatic heterocycles. The Labute approximate surface area is 158 Å². The maximum Gasteiger partial charge on any atom is 0.230 e. The summed E-state index contributed by atoms with van der Waals surface area (Å²) in [6.07, 6.45) is 1.78. The van der Waals surface area contributed by atoms with Crippen LogP contribution in [-0.2, 0) is 11.2 Å². The van der Waals surface area contributed by atoms with Gasteiger partial charge in [0, 0.05) is 0 Å². The Morgan fingerprint density at radius 2 is 2.07 bits per heavy atom. The maximum atomic E-state index is 12.3. The molecule has 2 heterocycles. The van der Waals surface area contributed by atoms with E-state index in [0.717, 1.165) is 27.2 Å². The molecular formula is C18H16N6O2S. The van der Waals surface area contributed by atoms with E-state index in [1.807, 2.05) is 49.4 Å². The number of carbonyl (C=O) groups is 1. The summed E-state index contributed by atoms with van der Waals surface area (Å²) in [5.74, 6) is 0.684. The van der Waals surface area contributed by atoms with Crippen molar-refractivity contribution in [2.24, 2.45) is 0 Å². The van der Waals surface area contributed by atoms with Crippen LogP contribution in [0.25, 0.3) is 15.9 Å². The highest BCUT2D eigenvalue weighted by atomic mass is 32.1. The lowest BCUT2D eigenvalue weighted by molar-refractivity contribution is -0.115. The highest BCUT2D eigenvalue weighted by Gasteiger charge is 2.10. The van der Waals surface area contributed by atoms with Crippen LogP contribution in [0.4, 0.5) is 5.13 Å². The van der Waals surface area contributed by atoms with Gasteiger partial charge in [0.05, 0.1) is 28.9 Å². The fraction of sp³-hybridized carbons (Fsp3) is 0.167. The molecule has 2 aromatic heterocycles. The van der Waals surface area contributed by atoms with E-state index >= 15 is 0 Å². The Hall–Kier alpha value is -3.33. The average Bonchev–Trinajstić information content (AvgIpc) is 3.31. The van der Waals surface area contributed by atoms with Gasteiger partial charge in [0.15, 0.2) is 5.13 Å². The van der Waals surface area contributed by atoms with E-state index in [1.54, 1.807) is 4.68 Å². The third-order valence-corrected chi connectivity index (χ3v) is 4.77. The highest BCUT2D eigenvalue weighted by Crippen LogP contribution is 2.29. The van der Waals surface area contributed by atoms with Crippen molar-refractivity contribution >= 4 is 32.6 Å². The van der Waals surface area contributed by atoms with Crippen molar-refractivity contribution in [3.8, 4) is 11.4 Å². The number of anilines is 1. The number of hydrogen-bond acceptors (Lipinski definition) is 7. The third kappa shape index (κ3) is 3.93. The normalized spacial score (nSPS) is 10.9. The molecule has 9 heteroatoms. The first-order valence-corrected chi connectivity index (χ1v) is 9.18. The van der Waals surface area contributed by atoms with E-state index < -0.39 is 0 Å². The molecule has 0 unspecified atom stereocenters. The first kappa shape index (κ1) is 17.1. The van der Waals surface area contributed by atoms with Crippen LogP contribution in [0, 0.1) is 0 Å². The second-order valence-electron chi connectivity index (χ2n) is 5.73. The lowest BCUT2D eigenvalue weighted by Crippen LogP contribution is -2.14. The Balaban J connectivity index is 1.42. The number of fused-ring (bicyclic) bond motifs is 1. The van der Waals surface area contributed by atoms with Crippen LogP contribution in [0.5, 0.6) is 5.75 Å². The molecule has 0 aliphatic rings. The van der Waals surface area contributed by atoms with Crippen molar-refractivity contribution in [3.63, 3.8) is 0 Å². The molecule has 27 heavy (non-hydrogen) atoms. The van der Waals surface area contributed by atoms with E-state index in [9.17, 15) is 4.79 Å². The number of carbonyl (C=O) groups excluding carboxylic acids is 1. The van der Waals surface area contributed by atoms with Crippen LogP contribution in [0.3, 0.4) is 0 Å². The van der Waals surface area contributed by atoms with E-state index in [1.165, 1.54) is 17.7 Å². The molecule has 0 aliphatic carbocycles. The molecule has 4 rings (SSSR count). The Morgan fingerprint density at radius 3 is 2.81 bits per heavy atom. The van der Waals surface area contributed by atoms with Gasteiger partial charge < -0.3 is 10.1 Å². The van der Waals surface area contributed by atoms with Crippen LogP contribution in [0.1, 0.15) is 12.5 Å². The van der Waals surface area contributed by atoms with E-state index in [-0.39, 0.29) is 12.3 Å². The monoisotopic (exact) mass is 380 g/mol. The number of ether oxygens (including phenoxy) is 1. The molecule has 0 fully saturated rings. The second kappa shape index (κ2) is 7.50. The van der Waals surface area contributed by atoms with Gasteiger partial charge in [0.1, 0.15) is 12.1 Å². The average molecular weight is 380 g/mol. The molecule has 4 aromatic rings. The summed E-state index contributed by atoms with van der Waals surface area (Å²) in [6, 6.07) is 13.2. The van der Waals surface area contributed by atoms with Gasteiger partial charge >= 0.3 is 0 Å². The van der Waals surface area contributed by atoms with E-state index in [4.69, 9.17) is 4.74 Å². The zero-order chi connectivity index (χ0) is 18.6. The molecule has 0 saturated heterocycles. The van der Waals surface area contributed by atoms with Crippen molar-refractivity contribution in [1.29, 1.82) is 0 Å². The summed E-state index contributed by atoms with van der Waals surface area (Å²) in [6.45, 7) is 2.55. The van der Waals surface area contributed by atoms with Crippen LogP contribution < -0.4 is 10.1 Å². The van der Waals surface area contributed by atoms with Gasteiger partial charge in [-0.05, 0) is 53.2 Å². The predicted octanol–water partition coefficient (Wildman–Crippen LogP) is 2.85. The van der Waals surface area contributed by atoms with Crippen molar-refractivity contribution in [2.45, 2.75) is 13.3 Å². The quantitative estimate of drug-likeness (QED) is 0.553. The molecule has 8 nitrogen and oxygen atoms in total. The van der Waals surface area contributed by atoms with Crippen LogP contribution >= 0.6 is 11.3 Å². The van der Waals surface area contributed by atoms with Crippen molar-refractivity contribution in [3.05, 3.63) is 54.4 Å². The Bertz CT molecular complexity index is 1060. The Kier molecular flexibility index (Phi) is 4.75. The summed E-state index contributed by atoms with van der Waals surface area (Å²) >= 11 is 1.43. The first-order valence-electron chi connectivity index (χ1n) is 8.37. The van der Waals surface area contributed by atoms with Gasteiger partial charge in [-0.3, -0.25) is 4.79 Å². The van der Waals surface area contributed by atoms with Crippen LogP contribution in [0.15, 0.2) is 48.8 Å². The molecule has 136 valence electrons. The minimum absolute atomic E-state index is 0.116. The third-order valence-electron chi connectivity index (χ3n) is 3.83. The van der Waals surface area contributed by atoms with Gasteiger partial charge in [-0.1, -0.05) is 23.5 Å². The first-order chi connectivity index (χ1) is 13.2. The molecular weight excluding hydrogens is 364 g/mol. The summed E-state index contributed by atoms with van der Waals surface area (Å²) in [7, 11) is 0. The Morgan fingerprint density at radius 1 is 1.22 bits per heavy atom. The van der Waals surface area contributed by atoms with Crippen molar-refractivity contribution < 1.29 is 9.53 Å². The van der Waals surface area contributed by atoms with Crippen LogP contribution in [0.2, 0.25) is 0 Å². The van der Waals surface area contributed by atoms with Crippen molar-refractivity contribution in [1.82, 2.24) is 25.2 Å². The smallest absolute Gasteiger partial charge is 0.230 e. The van der Waals surface area contributed by atoms with Gasteiger partial charge in [0.2, 0.25) is 5.91 Å². The second-order valence-corrected chi connectivity index (χ2v) is 6.76. The lowest BCUT2D eigenvalue weighted by atomic mass is 10.1. The molecule has 1 N–H and O–H groups in total. The SMILES string of the molecule is CCOc1ccc2nc(NC(=O)Cc3ccc(-n4cnnn4)cc3)sc2c1. The maximum absolute atomic E-state index is 12.3. The zero-order valence-electron chi connectivity index (χ0n) is 14.5. The van der Waals surface area contributed by atoms with E-state index in [0.29, 0.717) is 11.7 Å². The predicted molar refractivity (Wildman–Crippen MR) is 102 cm³/mol. The number of nitrogens with one attached hydrogen (secondary N) is 1. The summed E-state index contributed by atoms with van der Waals surface area (Å²) in [5, 5.41) is 14.5. The minimum Gasteiger partial charge on any atom is -0.494 e. The molecule has 0 saturated carbocycles. The van der Waals surface area contributed by atoms with E-state index in [2.05, 4.69) is 25.8 Å². The molecule has 1 amide bonds. The fourth-order valence-electron chi connectivity index (χ4n) is 2.61. The number of tetrazole rings is 1. The van der Waals surface area contributed by atoms with Crippen LogP contribution in [-0.4, -0.2) is 37.7 Å². The molecule has 0 atom stereocenters. The van der Waals surface area contributed by atoms with Gasteiger partial charge in [-0.15, -0.1) is 5.10 Å². The standard InChI is InChI=1S/C18H16N6O2S/c1-2-26-14-7-8-15-16(10-14)27-18(20-15)21-17(25)9-12-3-5-13(6-4-12)24-11-19-22-23-24/h3-8,10-11H,2,9H2,1H3,(H,20,21,25). The summed E-state index contributed by atoms with van der Waals surface area (Å²) in [4.78, 5) is 16.8. The fourth-order valence-corrected chi connectivity index (χ4v) is 3.52. The van der Waals surface area contributed by atoms with Gasteiger partial charge in [0.25, 0.3) is 0 Å². The molecule has 0 spiro atoms. The number of aromatic nitrogens is 5. The lowest BCUT2D eigenvalue weighted by Gasteiger charge is -2.03. The zero-order valence-corrected chi connectivity index (χ0v) is 15.3. The topological polar surface area (TPSA) is 94.8 Å². The largest absolute Gasteiger partial charge is 0.494 e. The number of hydrogen-bond donors (Lipinski definition) is 1. The summed E-state index contributed by atoms with van der Waals surface area (Å²) < 4.78 is 8.03. The molecule has 0 radical (unpaired) electrons. The summed E-state index contributed by atoms with van der Waals surface area (Å²) in [5.41, 5.74) is 2.56. The number of amides is 1. The highest BCUT2D eigenvalue weighted by molar-refractivity contribution is 7.22. The number of nitrogens with zero attached hydrogens (tertiary/aromatic N) is 5.